The molecule has 0 saturated heterocycles. The van der Waals surface area contributed by atoms with Crippen molar-refractivity contribution in [1.82, 2.24) is 0 Å². The van der Waals surface area contributed by atoms with E-state index in [2.05, 4.69) is 142 Å². The first-order chi connectivity index (χ1) is 36.0. The van der Waals surface area contributed by atoms with Crippen LogP contribution in [0.1, 0.15) is 265 Å². The number of hydrogen-bond donors (Lipinski definition) is 0. The molecule has 6 nitrogen and oxygen atoms in total. The molecule has 0 aliphatic rings. The van der Waals surface area contributed by atoms with E-state index in [4.69, 9.17) is 14.2 Å². The Hall–Kier alpha value is -4.19. The maximum absolute atomic E-state index is 12.9. The van der Waals surface area contributed by atoms with Gasteiger partial charge >= 0.3 is 17.9 Å². The largest absolute Gasteiger partial charge is 0.462 e. The molecule has 0 N–H and O–H groups in total. The molecule has 0 amide bonds. The highest BCUT2D eigenvalue weighted by Crippen LogP contribution is 2.16. The van der Waals surface area contributed by atoms with Crippen LogP contribution in [0.15, 0.2) is 122 Å². The van der Waals surface area contributed by atoms with Gasteiger partial charge in [0.1, 0.15) is 13.2 Å². The van der Waals surface area contributed by atoms with Crippen LogP contribution in [0.3, 0.4) is 0 Å². The van der Waals surface area contributed by atoms with Crippen molar-refractivity contribution in [3.63, 3.8) is 0 Å². The maximum Gasteiger partial charge on any atom is 0.306 e. The lowest BCUT2D eigenvalue weighted by atomic mass is 10.0. The Kier molecular flexibility index (Phi) is 56.9. The normalized spacial score (nSPS) is 13.0. The first-order valence-electron chi connectivity index (χ1n) is 30.0. The molecule has 414 valence electrons. The highest BCUT2D eigenvalue weighted by molar-refractivity contribution is 5.71. The number of carbonyl (C=O) groups is 3. The van der Waals surface area contributed by atoms with E-state index in [0.29, 0.717) is 19.3 Å². The average molecular weight is 1010 g/mol. The number of allylic oxidation sites excluding steroid dienone is 20. The predicted octanol–water partition coefficient (Wildman–Crippen LogP) is 20.4. The van der Waals surface area contributed by atoms with Crippen LogP contribution in [0, 0.1) is 0 Å². The Labute approximate surface area is 450 Å². The third kappa shape index (κ3) is 58.6. The van der Waals surface area contributed by atoms with Gasteiger partial charge in [0.25, 0.3) is 0 Å². The van der Waals surface area contributed by atoms with Crippen LogP contribution in [-0.4, -0.2) is 37.2 Å². The van der Waals surface area contributed by atoms with Gasteiger partial charge in [-0.15, -0.1) is 0 Å². The number of carbonyl (C=O) groups excluding carboxylic acids is 3. The molecular weight excluding hydrogens is 901 g/mol. The van der Waals surface area contributed by atoms with Crippen molar-refractivity contribution in [2.24, 2.45) is 0 Å². The Morgan fingerprint density at radius 3 is 0.836 bits per heavy atom. The molecule has 6 heteroatoms. The number of ether oxygens (including phenoxy) is 3. The molecular formula is C67H110O6. The van der Waals surface area contributed by atoms with E-state index in [1.807, 2.05) is 0 Å². The molecule has 0 saturated carbocycles. The second-order valence-electron chi connectivity index (χ2n) is 19.5. The van der Waals surface area contributed by atoms with Gasteiger partial charge in [-0.1, -0.05) is 258 Å². The van der Waals surface area contributed by atoms with E-state index in [9.17, 15) is 14.4 Å². The van der Waals surface area contributed by atoms with Gasteiger partial charge in [-0.25, -0.2) is 0 Å². The lowest BCUT2D eigenvalue weighted by Gasteiger charge is -2.18. The summed E-state index contributed by atoms with van der Waals surface area (Å²) >= 11 is 0. The molecule has 0 heterocycles. The van der Waals surface area contributed by atoms with E-state index in [0.717, 1.165) is 135 Å². The standard InChI is InChI=1S/C67H110O6/c1-4-7-10-13-16-19-22-25-27-29-30-31-32-33-34-35-36-38-39-42-45-48-51-54-57-60-66(69)72-63-64(62-71-65(68)59-56-53-50-47-44-41-24-21-18-15-12-9-6-3)73-67(70)61-58-55-52-49-46-43-40-37-28-26-23-20-17-14-11-8-5-2/h7,9-10,12,16,18-19,21,25,27,30-31,33-34,36,38,41-42,44-45,64H,4-6,8,11,13-15,17,20,22-24,26,28-29,32,35,37,39-40,43,46-63H2,1-3H3/b10-7-,12-9-,19-16-,21-18-,27-25-,31-30-,34-33-,38-36-,44-41-,45-42-. The van der Waals surface area contributed by atoms with E-state index in [1.54, 1.807) is 0 Å². The topological polar surface area (TPSA) is 78.9 Å². The number of esters is 3. The highest BCUT2D eigenvalue weighted by Gasteiger charge is 2.19. The summed E-state index contributed by atoms with van der Waals surface area (Å²) in [6, 6.07) is 0. The molecule has 0 rings (SSSR count). The van der Waals surface area contributed by atoms with E-state index in [1.165, 1.54) is 89.9 Å². The van der Waals surface area contributed by atoms with E-state index >= 15 is 0 Å². The zero-order valence-electron chi connectivity index (χ0n) is 47.4. The van der Waals surface area contributed by atoms with Crippen LogP contribution in [0.25, 0.3) is 0 Å². The van der Waals surface area contributed by atoms with Crippen molar-refractivity contribution in [2.75, 3.05) is 13.2 Å². The number of hydrogen-bond acceptors (Lipinski definition) is 6. The fraction of sp³-hybridized carbons (Fsp3) is 0.657. The van der Waals surface area contributed by atoms with Gasteiger partial charge in [0.05, 0.1) is 0 Å². The number of unbranched alkanes of at least 4 members (excludes halogenated alkanes) is 22. The third-order valence-corrected chi connectivity index (χ3v) is 12.5. The predicted molar refractivity (Wildman–Crippen MR) is 316 cm³/mol. The zero-order valence-corrected chi connectivity index (χ0v) is 47.4. The monoisotopic (exact) mass is 1010 g/mol. The minimum absolute atomic E-state index is 0.105. The summed E-state index contributed by atoms with van der Waals surface area (Å²) in [4.78, 5) is 38.2. The maximum atomic E-state index is 12.9. The van der Waals surface area contributed by atoms with Crippen molar-refractivity contribution in [1.29, 1.82) is 0 Å². The Morgan fingerprint density at radius 2 is 0.534 bits per heavy atom. The van der Waals surface area contributed by atoms with Gasteiger partial charge in [0, 0.05) is 19.3 Å². The van der Waals surface area contributed by atoms with Gasteiger partial charge in [0.15, 0.2) is 6.10 Å². The fourth-order valence-electron chi connectivity index (χ4n) is 8.03. The molecule has 0 bridgehead atoms. The molecule has 1 unspecified atom stereocenters. The SMILES string of the molecule is CC/C=C\C/C=C\C/C=C\C/C=C\C/C=C\C/C=C\C/C=C\CCCCCC(=O)OCC(COC(=O)CCCCC/C=C\C/C=C\C/C=C\CC)OC(=O)CCCCCCCCCCCCCCCCCCC. The molecule has 0 aromatic rings. The van der Waals surface area contributed by atoms with Gasteiger partial charge in [-0.3, -0.25) is 14.4 Å². The van der Waals surface area contributed by atoms with Crippen molar-refractivity contribution in [3.8, 4) is 0 Å². The van der Waals surface area contributed by atoms with Gasteiger partial charge < -0.3 is 14.2 Å². The second kappa shape index (κ2) is 60.4. The van der Waals surface area contributed by atoms with Crippen molar-refractivity contribution in [2.45, 2.75) is 271 Å². The Morgan fingerprint density at radius 1 is 0.288 bits per heavy atom. The summed E-state index contributed by atoms with van der Waals surface area (Å²) in [7, 11) is 0. The summed E-state index contributed by atoms with van der Waals surface area (Å²) in [5, 5.41) is 0. The van der Waals surface area contributed by atoms with Crippen molar-refractivity contribution in [3.05, 3.63) is 122 Å². The summed E-state index contributed by atoms with van der Waals surface area (Å²) in [6.45, 7) is 6.37. The lowest BCUT2D eigenvalue weighted by Crippen LogP contribution is -2.30. The summed E-state index contributed by atoms with van der Waals surface area (Å²) < 4.78 is 16.8. The van der Waals surface area contributed by atoms with Crippen molar-refractivity contribution >= 4 is 17.9 Å². The first-order valence-corrected chi connectivity index (χ1v) is 30.0. The molecule has 1 atom stereocenters. The van der Waals surface area contributed by atoms with Crippen molar-refractivity contribution < 1.29 is 28.6 Å². The highest BCUT2D eigenvalue weighted by atomic mass is 16.6. The molecule has 0 aromatic carbocycles. The quantitative estimate of drug-likeness (QED) is 0.0261. The fourth-order valence-corrected chi connectivity index (χ4v) is 8.03. The lowest BCUT2D eigenvalue weighted by molar-refractivity contribution is -0.167. The van der Waals surface area contributed by atoms with Crippen LogP contribution in [-0.2, 0) is 28.6 Å². The van der Waals surface area contributed by atoms with Crippen LogP contribution in [0.5, 0.6) is 0 Å². The first kappa shape index (κ1) is 68.8. The second-order valence-corrected chi connectivity index (χ2v) is 19.5. The van der Waals surface area contributed by atoms with Gasteiger partial charge in [0.2, 0.25) is 0 Å². The zero-order chi connectivity index (χ0) is 52.9. The molecule has 0 aliphatic carbocycles. The van der Waals surface area contributed by atoms with Crippen LogP contribution in [0.4, 0.5) is 0 Å². The molecule has 0 aliphatic heterocycles. The molecule has 0 fully saturated rings. The van der Waals surface area contributed by atoms with Crippen LogP contribution >= 0.6 is 0 Å². The molecule has 0 aromatic heterocycles. The van der Waals surface area contributed by atoms with Gasteiger partial charge in [-0.2, -0.15) is 0 Å². The molecule has 0 radical (unpaired) electrons. The third-order valence-electron chi connectivity index (χ3n) is 12.5. The smallest absolute Gasteiger partial charge is 0.306 e. The summed E-state index contributed by atoms with van der Waals surface area (Å²) in [6.07, 6.45) is 83.4. The summed E-state index contributed by atoms with van der Waals surface area (Å²) in [5.74, 6) is -0.962. The van der Waals surface area contributed by atoms with E-state index < -0.39 is 6.10 Å². The minimum atomic E-state index is -0.806. The molecule has 0 spiro atoms. The minimum Gasteiger partial charge on any atom is -0.462 e. The van der Waals surface area contributed by atoms with Gasteiger partial charge in [-0.05, 0) is 109 Å². The average Bonchev–Trinajstić information content (AvgIpc) is 3.39. The Bertz CT molecular complexity index is 1540. The number of rotatable bonds is 53. The Balaban J connectivity index is 4.44. The van der Waals surface area contributed by atoms with E-state index in [-0.39, 0.29) is 31.1 Å². The summed E-state index contributed by atoms with van der Waals surface area (Å²) in [5.41, 5.74) is 0. The van der Waals surface area contributed by atoms with Crippen LogP contribution < -0.4 is 0 Å². The molecule has 73 heavy (non-hydrogen) atoms. The van der Waals surface area contributed by atoms with Crippen LogP contribution in [0.2, 0.25) is 0 Å².